The van der Waals surface area contributed by atoms with Crippen LogP contribution < -0.4 is 0 Å². The van der Waals surface area contributed by atoms with Gasteiger partial charge >= 0.3 is 5.97 Å². The lowest BCUT2D eigenvalue weighted by Gasteiger charge is -2.06. The van der Waals surface area contributed by atoms with Gasteiger partial charge in [-0.15, -0.1) is 0 Å². The average molecular weight is 278 g/mol. The maximum absolute atomic E-state index is 12.3. The Hall–Kier alpha value is -1.88. The highest BCUT2D eigenvalue weighted by atomic mass is 32.2. The van der Waals surface area contributed by atoms with Gasteiger partial charge in [0.2, 0.25) is 5.76 Å². The van der Waals surface area contributed by atoms with E-state index in [2.05, 4.69) is 0 Å². The molecule has 0 fully saturated rings. The fourth-order valence-electron chi connectivity index (χ4n) is 1.80. The van der Waals surface area contributed by atoms with Gasteiger partial charge in [0.25, 0.3) is 0 Å². The highest BCUT2D eigenvalue weighted by Crippen LogP contribution is 2.19. The van der Waals surface area contributed by atoms with E-state index in [9.17, 15) is 9.00 Å². The second-order valence-corrected chi connectivity index (χ2v) is 5.44. The van der Waals surface area contributed by atoms with Crippen LogP contribution >= 0.6 is 0 Å². The van der Waals surface area contributed by atoms with Gasteiger partial charge in [0.05, 0.1) is 16.6 Å². The lowest BCUT2D eigenvalue weighted by Crippen LogP contribution is -1.99. The summed E-state index contributed by atoms with van der Waals surface area (Å²) >= 11 is 0. The van der Waals surface area contributed by atoms with Gasteiger partial charge in [-0.3, -0.25) is 4.21 Å². The molecule has 1 unspecified atom stereocenters. The first-order valence-corrected chi connectivity index (χ1v) is 7.22. The van der Waals surface area contributed by atoms with Gasteiger partial charge in [-0.1, -0.05) is 25.1 Å². The standard InChI is InChI=1S/C14H14O4S/c1-2-10-5-3-4-6-13(10)19(17)9-11-7-8-12(18-11)14(15)16/h3-8H,2,9H2,1H3,(H,15,16). The Morgan fingerprint density at radius 3 is 2.63 bits per heavy atom. The zero-order chi connectivity index (χ0) is 13.8. The van der Waals surface area contributed by atoms with E-state index >= 15 is 0 Å². The summed E-state index contributed by atoms with van der Waals surface area (Å²) in [6, 6.07) is 10.5. The summed E-state index contributed by atoms with van der Waals surface area (Å²) < 4.78 is 17.4. The summed E-state index contributed by atoms with van der Waals surface area (Å²) in [6.45, 7) is 2.01. The SMILES string of the molecule is CCc1ccccc1S(=O)Cc1ccc(C(=O)O)o1. The first kappa shape index (κ1) is 13.5. The number of aryl methyl sites for hydroxylation is 1. The molecule has 0 amide bonds. The molecule has 2 rings (SSSR count). The van der Waals surface area contributed by atoms with Crippen molar-refractivity contribution in [3.63, 3.8) is 0 Å². The largest absolute Gasteiger partial charge is 0.475 e. The third kappa shape index (κ3) is 3.12. The smallest absolute Gasteiger partial charge is 0.371 e. The highest BCUT2D eigenvalue weighted by molar-refractivity contribution is 7.84. The van der Waals surface area contributed by atoms with Gasteiger partial charge in [-0.25, -0.2) is 4.79 Å². The monoisotopic (exact) mass is 278 g/mol. The van der Waals surface area contributed by atoms with Gasteiger partial charge in [-0.05, 0) is 30.2 Å². The maximum atomic E-state index is 12.3. The lowest BCUT2D eigenvalue weighted by molar-refractivity contribution is 0.0661. The minimum atomic E-state index is -1.23. The Morgan fingerprint density at radius 1 is 1.26 bits per heavy atom. The third-order valence-electron chi connectivity index (χ3n) is 2.74. The molecule has 1 aromatic carbocycles. The van der Waals surface area contributed by atoms with Gasteiger partial charge in [0, 0.05) is 4.90 Å². The van der Waals surface area contributed by atoms with Crippen molar-refractivity contribution >= 4 is 16.8 Å². The minimum Gasteiger partial charge on any atom is -0.475 e. The Morgan fingerprint density at radius 2 is 2.00 bits per heavy atom. The number of aromatic carboxylic acids is 1. The Bertz CT molecular complexity index is 615. The number of carboxylic acids is 1. The second-order valence-electron chi connectivity index (χ2n) is 4.02. The van der Waals surface area contributed by atoms with E-state index in [1.54, 1.807) is 6.07 Å². The fourth-order valence-corrected chi connectivity index (χ4v) is 3.10. The summed E-state index contributed by atoms with van der Waals surface area (Å²) in [5.41, 5.74) is 1.03. The minimum absolute atomic E-state index is 0.129. The van der Waals surface area contributed by atoms with Crippen molar-refractivity contribution in [3.05, 3.63) is 53.5 Å². The predicted molar refractivity (Wildman–Crippen MR) is 71.6 cm³/mol. The summed E-state index contributed by atoms with van der Waals surface area (Å²) in [5.74, 6) is -0.645. The van der Waals surface area contributed by atoms with Gasteiger partial charge in [0.1, 0.15) is 5.76 Å². The van der Waals surface area contributed by atoms with Crippen LogP contribution in [0.5, 0.6) is 0 Å². The van der Waals surface area contributed by atoms with Crippen molar-refractivity contribution < 1.29 is 18.5 Å². The first-order chi connectivity index (χ1) is 9.11. The van der Waals surface area contributed by atoms with Crippen LogP contribution in [-0.2, 0) is 23.0 Å². The quantitative estimate of drug-likeness (QED) is 0.913. The molecular formula is C14H14O4S. The molecule has 4 nitrogen and oxygen atoms in total. The zero-order valence-electron chi connectivity index (χ0n) is 10.5. The summed E-state index contributed by atoms with van der Waals surface area (Å²) in [6.07, 6.45) is 0.806. The molecule has 1 aromatic heterocycles. The van der Waals surface area contributed by atoms with Crippen molar-refractivity contribution in [2.45, 2.75) is 24.0 Å². The second kappa shape index (κ2) is 5.84. The molecule has 19 heavy (non-hydrogen) atoms. The van der Waals surface area contributed by atoms with Crippen molar-refractivity contribution in [2.24, 2.45) is 0 Å². The van der Waals surface area contributed by atoms with Crippen molar-refractivity contribution in [3.8, 4) is 0 Å². The molecule has 1 atom stereocenters. The third-order valence-corrected chi connectivity index (χ3v) is 4.18. The number of hydrogen-bond donors (Lipinski definition) is 1. The molecule has 1 N–H and O–H groups in total. The van der Waals surface area contributed by atoms with Crippen LogP contribution in [0, 0.1) is 0 Å². The first-order valence-electron chi connectivity index (χ1n) is 5.90. The number of benzene rings is 1. The van der Waals surface area contributed by atoms with E-state index in [0.29, 0.717) is 5.76 Å². The molecule has 5 heteroatoms. The molecule has 0 aliphatic heterocycles. The van der Waals surface area contributed by atoms with Gasteiger partial charge < -0.3 is 9.52 Å². The van der Waals surface area contributed by atoms with Crippen molar-refractivity contribution in [1.82, 2.24) is 0 Å². The van der Waals surface area contributed by atoms with Crippen LogP contribution in [-0.4, -0.2) is 15.3 Å². The molecule has 100 valence electrons. The Balaban J connectivity index is 2.18. The van der Waals surface area contributed by atoms with Crippen LogP contribution in [0.25, 0.3) is 0 Å². The fraction of sp³-hybridized carbons (Fsp3) is 0.214. The van der Waals surface area contributed by atoms with E-state index in [1.165, 1.54) is 6.07 Å². The van der Waals surface area contributed by atoms with Crippen molar-refractivity contribution in [2.75, 3.05) is 0 Å². The molecule has 0 bridgehead atoms. The molecule has 2 aromatic rings. The molecule has 0 saturated heterocycles. The Kier molecular flexibility index (Phi) is 4.16. The number of furan rings is 1. The van der Waals surface area contributed by atoms with Crippen LogP contribution in [0.1, 0.15) is 28.8 Å². The number of rotatable bonds is 5. The molecule has 0 saturated carbocycles. The zero-order valence-corrected chi connectivity index (χ0v) is 11.3. The summed E-state index contributed by atoms with van der Waals surface area (Å²) in [5, 5.41) is 8.76. The molecule has 1 heterocycles. The molecule has 0 spiro atoms. The average Bonchev–Trinajstić information content (AvgIpc) is 2.87. The number of carboxylic acid groups (broad SMARTS) is 1. The molecular weight excluding hydrogens is 264 g/mol. The van der Waals surface area contributed by atoms with Crippen LogP contribution in [0.2, 0.25) is 0 Å². The molecule has 0 radical (unpaired) electrons. The maximum Gasteiger partial charge on any atom is 0.371 e. The highest BCUT2D eigenvalue weighted by Gasteiger charge is 2.14. The topological polar surface area (TPSA) is 67.5 Å². The van der Waals surface area contributed by atoms with Crippen molar-refractivity contribution in [1.29, 1.82) is 0 Å². The van der Waals surface area contributed by atoms with Crippen LogP contribution in [0.15, 0.2) is 45.7 Å². The summed E-state index contributed by atoms with van der Waals surface area (Å²) in [4.78, 5) is 11.5. The summed E-state index contributed by atoms with van der Waals surface area (Å²) in [7, 11) is -1.23. The molecule has 0 aliphatic rings. The van der Waals surface area contributed by atoms with E-state index in [-0.39, 0.29) is 11.5 Å². The number of carbonyl (C=O) groups is 1. The van der Waals surface area contributed by atoms with E-state index < -0.39 is 16.8 Å². The van der Waals surface area contributed by atoms with Crippen LogP contribution in [0.4, 0.5) is 0 Å². The van der Waals surface area contributed by atoms with E-state index in [4.69, 9.17) is 9.52 Å². The van der Waals surface area contributed by atoms with E-state index in [0.717, 1.165) is 16.9 Å². The van der Waals surface area contributed by atoms with Gasteiger partial charge in [-0.2, -0.15) is 0 Å². The molecule has 0 aliphatic carbocycles. The predicted octanol–water partition coefficient (Wildman–Crippen LogP) is 2.85. The lowest BCUT2D eigenvalue weighted by atomic mass is 10.2. The van der Waals surface area contributed by atoms with E-state index in [1.807, 2.05) is 31.2 Å². The Labute approximate surface area is 113 Å². The van der Waals surface area contributed by atoms with Gasteiger partial charge in [0.15, 0.2) is 0 Å². The number of hydrogen-bond acceptors (Lipinski definition) is 3. The van der Waals surface area contributed by atoms with Crippen LogP contribution in [0.3, 0.4) is 0 Å². The normalized spacial score (nSPS) is 12.3.